The zero-order chi connectivity index (χ0) is 14.9. The van der Waals surface area contributed by atoms with Crippen molar-refractivity contribution >= 4 is 28.4 Å². The van der Waals surface area contributed by atoms with Crippen LogP contribution in [0.4, 0.5) is 0 Å². The topological polar surface area (TPSA) is 66.4 Å². The molecule has 0 saturated carbocycles. The molecule has 0 aliphatic heterocycles. The summed E-state index contributed by atoms with van der Waals surface area (Å²) < 4.78 is 26.8. The fourth-order valence-electron chi connectivity index (χ4n) is 2.04. The van der Waals surface area contributed by atoms with E-state index in [1.54, 1.807) is 25.1 Å². The second kappa shape index (κ2) is 5.87. The van der Waals surface area contributed by atoms with Gasteiger partial charge in [-0.1, -0.05) is 12.1 Å². The third kappa shape index (κ3) is 2.67. The van der Waals surface area contributed by atoms with E-state index in [1.807, 2.05) is 12.3 Å². The average Bonchev–Trinajstić information content (AvgIpc) is 2.79. The minimum Gasteiger partial charge on any atom is -0.768 e. The Hall–Kier alpha value is -1.50. The minimum atomic E-state index is -2.26. The van der Waals surface area contributed by atoms with Crippen LogP contribution in [0, 0.1) is 13.8 Å². The zero-order valence-electron chi connectivity index (χ0n) is 11.3. The van der Waals surface area contributed by atoms with Crippen molar-refractivity contribution in [2.75, 3.05) is 7.11 Å². The summed E-state index contributed by atoms with van der Waals surface area (Å²) >= 11 is -0.932. The number of carbonyl (C=O) groups excluding carboxylic acids is 1. The molecule has 2 aromatic rings. The predicted octanol–water partition coefficient (Wildman–Crippen LogP) is 3.06. The van der Waals surface area contributed by atoms with Gasteiger partial charge in [0, 0.05) is 10.5 Å². The molecule has 0 spiro atoms. The Labute approximate surface area is 123 Å². The molecule has 1 unspecified atom stereocenters. The van der Waals surface area contributed by atoms with Gasteiger partial charge < -0.3 is 9.29 Å². The molecular weight excluding hydrogens is 296 g/mol. The molecule has 0 N–H and O–H groups in total. The summed E-state index contributed by atoms with van der Waals surface area (Å²) in [5.74, 6) is -0.382. The Balaban J connectivity index is 2.57. The maximum atomic E-state index is 11.8. The Bertz CT molecular complexity index is 688. The van der Waals surface area contributed by atoms with Crippen molar-refractivity contribution in [3.05, 3.63) is 39.6 Å². The monoisotopic (exact) mass is 309 g/mol. The first-order valence-electron chi connectivity index (χ1n) is 5.82. The van der Waals surface area contributed by atoms with Gasteiger partial charge in [-0.25, -0.2) is 4.79 Å². The zero-order valence-corrected chi connectivity index (χ0v) is 12.9. The van der Waals surface area contributed by atoms with Crippen LogP contribution >= 0.6 is 11.3 Å². The van der Waals surface area contributed by atoms with Gasteiger partial charge >= 0.3 is 5.97 Å². The normalized spacial score (nSPS) is 12.2. The Morgan fingerprint density at radius 3 is 2.55 bits per heavy atom. The molecule has 0 fully saturated rings. The Morgan fingerprint density at radius 2 is 2.00 bits per heavy atom. The van der Waals surface area contributed by atoms with E-state index in [1.165, 1.54) is 18.4 Å². The van der Waals surface area contributed by atoms with Crippen LogP contribution in [-0.2, 0) is 15.8 Å². The Morgan fingerprint density at radius 1 is 1.30 bits per heavy atom. The van der Waals surface area contributed by atoms with Crippen LogP contribution in [0.1, 0.15) is 20.8 Å². The maximum absolute atomic E-state index is 11.8. The highest BCUT2D eigenvalue weighted by Crippen LogP contribution is 2.34. The lowest BCUT2D eigenvalue weighted by atomic mass is 10.0. The van der Waals surface area contributed by atoms with E-state index in [2.05, 4.69) is 0 Å². The summed E-state index contributed by atoms with van der Waals surface area (Å²) in [7, 11) is 1.34. The molecule has 0 bridgehead atoms. The molecule has 0 aliphatic rings. The number of hydrogen-bond donors (Lipinski definition) is 0. The average molecular weight is 309 g/mol. The van der Waals surface area contributed by atoms with Gasteiger partial charge in [-0.05, 0) is 53.1 Å². The summed E-state index contributed by atoms with van der Waals surface area (Å²) in [4.78, 5) is 12.6. The summed E-state index contributed by atoms with van der Waals surface area (Å²) in [6, 6.07) is 5.03. The van der Waals surface area contributed by atoms with E-state index in [9.17, 15) is 13.6 Å². The molecule has 20 heavy (non-hydrogen) atoms. The molecule has 4 nitrogen and oxygen atoms in total. The van der Waals surface area contributed by atoms with Gasteiger partial charge in [-0.3, -0.25) is 4.21 Å². The van der Waals surface area contributed by atoms with Crippen molar-refractivity contribution in [2.45, 2.75) is 18.7 Å². The highest BCUT2D eigenvalue weighted by Gasteiger charge is 2.18. The van der Waals surface area contributed by atoms with Crippen LogP contribution in [0.5, 0.6) is 0 Å². The second-order valence-corrected chi connectivity index (χ2v) is 6.12. The van der Waals surface area contributed by atoms with Gasteiger partial charge in [0.2, 0.25) is 0 Å². The number of esters is 1. The quantitative estimate of drug-likeness (QED) is 0.645. The van der Waals surface area contributed by atoms with E-state index >= 15 is 0 Å². The first-order valence-corrected chi connectivity index (χ1v) is 7.78. The third-order valence-corrected chi connectivity index (χ3v) is 4.88. The van der Waals surface area contributed by atoms with Crippen LogP contribution < -0.4 is 0 Å². The lowest BCUT2D eigenvalue weighted by Gasteiger charge is -2.11. The molecule has 6 heteroatoms. The fraction of sp³-hybridized carbons (Fsp3) is 0.214. The molecule has 1 heterocycles. The summed E-state index contributed by atoms with van der Waals surface area (Å²) in [6.45, 7) is 3.64. The Kier molecular flexibility index (Phi) is 4.37. The molecule has 1 aromatic heterocycles. The minimum absolute atomic E-state index is 0.265. The molecule has 1 aromatic carbocycles. The standard InChI is InChI=1S/C14H14O4S2/c1-8-6-10(4-5-11(8)20(16)17)12-9(2)7-19-13(12)14(15)18-3/h4-7H,1-3H3,(H,16,17)/p-1. The van der Waals surface area contributed by atoms with Crippen LogP contribution in [0.15, 0.2) is 28.5 Å². The maximum Gasteiger partial charge on any atom is 0.348 e. The van der Waals surface area contributed by atoms with Gasteiger partial charge in [-0.15, -0.1) is 11.3 Å². The van der Waals surface area contributed by atoms with Gasteiger partial charge in [-0.2, -0.15) is 0 Å². The molecular formula is C14H13O4S2-. The van der Waals surface area contributed by atoms with Crippen molar-refractivity contribution in [3.8, 4) is 11.1 Å². The number of thiophene rings is 1. The number of methoxy groups -OCH3 is 1. The number of aryl methyl sites for hydroxylation is 2. The summed E-state index contributed by atoms with van der Waals surface area (Å²) in [5, 5.41) is 1.89. The molecule has 0 saturated heterocycles. The van der Waals surface area contributed by atoms with Crippen molar-refractivity contribution in [1.29, 1.82) is 0 Å². The number of carbonyl (C=O) groups is 1. The lowest BCUT2D eigenvalue weighted by Crippen LogP contribution is -2.01. The molecule has 106 valence electrons. The second-order valence-electron chi connectivity index (χ2n) is 4.33. The van der Waals surface area contributed by atoms with Crippen molar-refractivity contribution in [3.63, 3.8) is 0 Å². The van der Waals surface area contributed by atoms with Crippen molar-refractivity contribution < 1.29 is 18.3 Å². The highest BCUT2D eigenvalue weighted by molar-refractivity contribution is 7.79. The summed E-state index contributed by atoms with van der Waals surface area (Å²) in [6.07, 6.45) is 0. The van der Waals surface area contributed by atoms with Crippen LogP contribution in [-0.4, -0.2) is 21.8 Å². The number of rotatable bonds is 3. The van der Waals surface area contributed by atoms with Crippen LogP contribution in [0.2, 0.25) is 0 Å². The lowest BCUT2D eigenvalue weighted by molar-refractivity contribution is 0.0607. The van der Waals surface area contributed by atoms with Crippen molar-refractivity contribution in [1.82, 2.24) is 0 Å². The smallest absolute Gasteiger partial charge is 0.348 e. The largest absolute Gasteiger partial charge is 0.768 e. The number of hydrogen-bond acceptors (Lipinski definition) is 5. The van der Waals surface area contributed by atoms with E-state index in [4.69, 9.17) is 4.74 Å². The van der Waals surface area contributed by atoms with E-state index in [0.29, 0.717) is 10.4 Å². The van der Waals surface area contributed by atoms with Crippen LogP contribution in [0.25, 0.3) is 11.1 Å². The van der Waals surface area contributed by atoms with Gasteiger partial charge in [0.1, 0.15) is 4.88 Å². The van der Waals surface area contributed by atoms with Crippen LogP contribution in [0.3, 0.4) is 0 Å². The first kappa shape index (κ1) is 14.9. The predicted molar refractivity (Wildman–Crippen MR) is 77.8 cm³/mol. The van der Waals surface area contributed by atoms with Gasteiger partial charge in [0.15, 0.2) is 0 Å². The molecule has 0 radical (unpaired) electrons. The molecule has 0 aliphatic carbocycles. The number of benzene rings is 1. The van der Waals surface area contributed by atoms with E-state index < -0.39 is 11.1 Å². The van der Waals surface area contributed by atoms with Gasteiger partial charge in [0.05, 0.1) is 7.11 Å². The molecule has 2 rings (SSSR count). The van der Waals surface area contributed by atoms with E-state index in [0.717, 1.165) is 16.7 Å². The SMILES string of the molecule is COC(=O)c1scc(C)c1-c1ccc(S(=O)[O-])c(C)c1. The first-order chi connectivity index (χ1) is 9.45. The van der Waals surface area contributed by atoms with Gasteiger partial charge in [0.25, 0.3) is 0 Å². The molecule has 1 atom stereocenters. The highest BCUT2D eigenvalue weighted by atomic mass is 32.2. The summed E-state index contributed by atoms with van der Waals surface area (Å²) in [5.41, 5.74) is 3.23. The van der Waals surface area contributed by atoms with E-state index in [-0.39, 0.29) is 10.9 Å². The number of ether oxygens (including phenoxy) is 1. The van der Waals surface area contributed by atoms with Crippen molar-refractivity contribution in [2.24, 2.45) is 0 Å². The fourth-order valence-corrected chi connectivity index (χ4v) is 3.53. The third-order valence-electron chi connectivity index (χ3n) is 2.99. The molecule has 0 amide bonds.